The number of carbonyl (C=O) groups excluding carboxylic acids is 5. The van der Waals surface area contributed by atoms with Crippen LogP contribution < -0.4 is 5.73 Å². The SMILES string of the molecule is Cc1ccc(CCc2ccc(O)c3c2C[C@@H]2C[C@@H]4[C@@H](N(C)C)C(=O)C(C(N)=O)C(=O)[C@]4(O)C(=O)C2C3=O)cc1. The third-order valence-electron chi connectivity index (χ3n) is 8.85. The standard InChI is InChI=1S/C30H32N2O7/c1-14-4-6-15(7-5-14)8-9-16-10-11-20(33)22-18(16)12-17-13-19-24(32(2)3)26(35)23(29(31)38)28(37)30(19,39)27(36)21(17)25(22)34/h4-7,10-11,17,19,21,23-24,33,39H,8-9,12-13H2,1-3H3,(H2,31,38)/t17-,19-,21?,23?,24-,30-/m1/s1. The van der Waals surface area contributed by atoms with E-state index in [9.17, 15) is 34.2 Å². The van der Waals surface area contributed by atoms with Gasteiger partial charge in [0.15, 0.2) is 34.7 Å². The van der Waals surface area contributed by atoms with Crippen molar-refractivity contribution < 1.29 is 34.2 Å². The lowest BCUT2D eigenvalue weighted by atomic mass is 9.52. The summed E-state index contributed by atoms with van der Waals surface area (Å²) in [6, 6.07) is 10.2. The Morgan fingerprint density at radius 2 is 1.69 bits per heavy atom. The van der Waals surface area contributed by atoms with Gasteiger partial charge in [-0.05, 0) is 75.4 Å². The summed E-state index contributed by atoms with van der Waals surface area (Å²) in [5.41, 5.74) is 6.46. The van der Waals surface area contributed by atoms with Gasteiger partial charge in [0.1, 0.15) is 5.75 Å². The van der Waals surface area contributed by atoms with E-state index < -0.39 is 64.4 Å². The van der Waals surface area contributed by atoms with E-state index >= 15 is 0 Å². The van der Waals surface area contributed by atoms with Crippen molar-refractivity contribution in [3.63, 3.8) is 0 Å². The minimum Gasteiger partial charge on any atom is -0.507 e. The van der Waals surface area contributed by atoms with Crippen LogP contribution in [0.3, 0.4) is 0 Å². The number of amides is 1. The average molecular weight is 533 g/mol. The molecule has 3 aliphatic rings. The Balaban J connectivity index is 1.55. The fourth-order valence-corrected chi connectivity index (χ4v) is 6.94. The molecule has 9 heteroatoms. The third kappa shape index (κ3) is 4.03. The Morgan fingerprint density at radius 3 is 2.31 bits per heavy atom. The van der Waals surface area contributed by atoms with E-state index in [-0.39, 0.29) is 24.2 Å². The smallest absolute Gasteiger partial charge is 0.235 e. The van der Waals surface area contributed by atoms with Crippen molar-refractivity contribution in [1.29, 1.82) is 0 Å². The number of carbonyl (C=O) groups is 5. The number of hydrogen-bond acceptors (Lipinski definition) is 8. The van der Waals surface area contributed by atoms with Gasteiger partial charge in [-0.2, -0.15) is 0 Å². The van der Waals surface area contributed by atoms with Crippen LogP contribution in [0, 0.1) is 30.6 Å². The van der Waals surface area contributed by atoms with Crippen LogP contribution in [0.1, 0.15) is 39.0 Å². The molecule has 0 aromatic heterocycles. The molecule has 0 aliphatic heterocycles. The van der Waals surface area contributed by atoms with E-state index in [2.05, 4.69) is 0 Å². The Hall–Kier alpha value is -3.69. The Bertz CT molecular complexity index is 1410. The molecule has 6 atom stereocenters. The van der Waals surface area contributed by atoms with Gasteiger partial charge in [-0.1, -0.05) is 35.9 Å². The van der Waals surface area contributed by atoms with Gasteiger partial charge in [0.25, 0.3) is 0 Å². The molecule has 0 bridgehead atoms. The summed E-state index contributed by atoms with van der Waals surface area (Å²) >= 11 is 0. The molecule has 0 saturated heterocycles. The molecule has 5 rings (SSSR count). The van der Waals surface area contributed by atoms with Crippen molar-refractivity contribution in [1.82, 2.24) is 4.90 Å². The highest BCUT2D eigenvalue weighted by atomic mass is 16.3. The first-order valence-corrected chi connectivity index (χ1v) is 13.1. The molecule has 0 radical (unpaired) electrons. The lowest BCUT2D eigenvalue weighted by Crippen LogP contribution is -2.74. The van der Waals surface area contributed by atoms with Crippen molar-refractivity contribution in [3.8, 4) is 5.75 Å². The van der Waals surface area contributed by atoms with Crippen molar-refractivity contribution in [2.75, 3.05) is 14.1 Å². The lowest BCUT2D eigenvalue weighted by Gasteiger charge is -2.52. The maximum absolute atomic E-state index is 13.9. The Morgan fingerprint density at radius 1 is 1.03 bits per heavy atom. The number of hydrogen-bond donors (Lipinski definition) is 3. The number of ketones is 4. The van der Waals surface area contributed by atoms with Crippen LogP contribution in [0.2, 0.25) is 0 Å². The van der Waals surface area contributed by atoms with Gasteiger partial charge in [0.05, 0.1) is 17.5 Å². The zero-order valence-electron chi connectivity index (χ0n) is 22.1. The van der Waals surface area contributed by atoms with Crippen LogP contribution in [-0.4, -0.2) is 69.9 Å². The summed E-state index contributed by atoms with van der Waals surface area (Å²) in [5.74, 6) is -10.3. The number of aryl methyl sites for hydroxylation is 3. The number of nitrogens with two attached hydrogens (primary N) is 1. The number of fused-ring (bicyclic) bond motifs is 3. The normalized spacial score (nSPS) is 30.1. The summed E-state index contributed by atoms with van der Waals surface area (Å²) in [6.07, 6.45) is 1.62. The second-order valence-corrected chi connectivity index (χ2v) is 11.4. The minimum absolute atomic E-state index is 0.0306. The van der Waals surface area contributed by atoms with E-state index in [1.54, 1.807) is 20.2 Å². The number of aliphatic hydroxyl groups is 1. The van der Waals surface area contributed by atoms with Gasteiger partial charge >= 0.3 is 0 Å². The van der Waals surface area contributed by atoms with Gasteiger partial charge < -0.3 is 15.9 Å². The van der Waals surface area contributed by atoms with Gasteiger partial charge in [0, 0.05) is 5.92 Å². The Kier molecular flexibility index (Phi) is 6.55. The maximum Gasteiger partial charge on any atom is 0.235 e. The number of phenolic OH excluding ortho intramolecular Hbond substituents is 1. The molecule has 2 unspecified atom stereocenters. The highest BCUT2D eigenvalue weighted by molar-refractivity contribution is 6.32. The Labute approximate surface area is 226 Å². The summed E-state index contributed by atoms with van der Waals surface area (Å²) in [6.45, 7) is 2.01. The molecule has 2 aromatic rings. The molecule has 2 saturated carbocycles. The summed E-state index contributed by atoms with van der Waals surface area (Å²) in [5, 5.41) is 22.3. The molecule has 204 valence electrons. The van der Waals surface area contributed by atoms with Crippen LogP contribution in [0.15, 0.2) is 36.4 Å². The summed E-state index contributed by atoms with van der Waals surface area (Å²) < 4.78 is 0. The van der Waals surface area contributed by atoms with E-state index in [1.807, 2.05) is 31.2 Å². The van der Waals surface area contributed by atoms with Gasteiger partial charge in [0.2, 0.25) is 5.91 Å². The molecule has 2 fully saturated rings. The van der Waals surface area contributed by atoms with Crippen LogP contribution in [0.4, 0.5) is 0 Å². The lowest BCUT2D eigenvalue weighted by molar-refractivity contribution is -0.181. The van der Waals surface area contributed by atoms with Gasteiger partial charge in [-0.25, -0.2) is 0 Å². The maximum atomic E-state index is 13.9. The zero-order chi connectivity index (χ0) is 28.4. The van der Waals surface area contributed by atoms with Gasteiger partial charge in [-0.15, -0.1) is 0 Å². The molecule has 39 heavy (non-hydrogen) atoms. The molecular formula is C30H32N2O7. The third-order valence-corrected chi connectivity index (χ3v) is 8.85. The molecular weight excluding hydrogens is 500 g/mol. The molecule has 1 amide bonds. The van der Waals surface area contributed by atoms with Crippen LogP contribution >= 0.6 is 0 Å². The first kappa shape index (κ1) is 26.9. The quantitative estimate of drug-likeness (QED) is 0.481. The molecule has 2 aromatic carbocycles. The second-order valence-electron chi connectivity index (χ2n) is 11.4. The highest BCUT2D eigenvalue weighted by Gasteiger charge is 2.69. The number of nitrogens with zero attached hydrogens (tertiary/aromatic N) is 1. The number of Topliss-reactive ketones (excluding diaryl/α,β-unsaturated/α-hetero) is 4. The first-order chi connectivity index (χ1) is 18.4. The minimum atomic E-state index is -2.71. The molecule has 3 aliphatic carbocycles. The number of likely N-dealkylation sites (N-methyl/N-ethyl adjacent to an activating group) is 1. The molecule has 0 spiro atoms. The second kappa shape index (κ2) is 9.50. The summed E-state index contributed by atoms with van der Waals surface area (Å²) in [7, 11) is 3.13. The van der Waals surface area contributed by atoms with Gasteiger partial charge in [-0.3, -0.25) is 28.9 Å². The van der Waals surface area contributed by atoms with Crippen LogP contribution in [0.5, 0.6) is 5.75 Å². The number of rotatable bonds is 5. The molecule has 4 N–H and O–H groups in total. The topological polar surface area (TPSA) is 155 Å². The number of phenols is 1. The average Bonchev–Trinajstić information content (AvgIpc) is 2.86. The van der Waals surface area contributed by atoms with Crippen molar-refractivity contribution in [2.45, 2.75) is 44.2 Å². The summed E-state index contributed by atoms with van der Waals surface area (Å²) in [4.78, 5) is 67.7. The van der Waals surface area contributed by atoms with E-state index in [0.29, 0.717) is 18.4 Å². The number of primary amides is 1. The van der Waals surface area contributed by atoms with Crippen molar-refractivity contribution in [3.05, 3.63) is 64.2 Å². The largest absolute Gasteiger partial charge is 0.507 e. The van der Waals surface area contributed by atoms with E-state index in [0.717, 1.165) is 16.7 Å². The number of benzene rings is 2. The van der Waals surface area contributed by atoms with E-state index in [4.69, 9.17) is 5.73 Å². The predicted octanol–water partition coefficient (Wildman–Crippen LogP) is 0.961. The van der Waals surface area contributed by atoms with Crippen molar-refractivity contribution in [2.24, 2.45) is 29.4 Å². The number of aromatic hydroxyl groups is 1. The monoisotopic (exact) mass is 532 g/mol. The fraction of sp³-hybridized carbons (Fsp3) is 0.433. The predicted molar refractivity (Wildman–Crippen MR) is 140 cm³/mol. The van der Waals surface area contributed by atoms with Crippen LogP contribution in [-0.2, 0) is 38.4 Å². The zero-order valence-corrected chi connectivity index (χ0v) is 22.1. The van der Waals surface area contributed by atoms with E-state index in [1.165, 1.54) is 11.0 Å². The van der Waals surface area contributed by atoms with Crippen LogP contribution in [0.25, 0.3) is 0 Å². The molecule has 0 heterocycles. The molecule has 9 nitrogen and oxygen atoms in total. The highest BCUT2D eigenvalue weighted by Crippen LogP contribution is 2.51. The van der Waals surface area contributed by atoms with Crippen molar-refractivity contribution >= 4 is 29.0 Å². The first-order valence-electron chi connectivity index (χ1n) is 13.1. The fourth-order valence-electron chi connectivity index (χ4n) is 6.94.